The summed E-state index contributed by atoms with van der Waals surface area (Å²) in [5.74, 6) is 0. The Bertz CT molecular complexity index is 1660. The molecule has 44 heavy (non-hydrogen) atoms. The molecule has 0 bridgehead atoms. The van der Waals surface area contributed by atoms with Crippen molar-refractivity contribution in [3.05, 3.63) is 151 Å². The van der Waals surface area contributed by atoms with Gasteiger partial charge in [0.05, 0.1) is 0 Å². The molecule has 0 spiro atoms. The van der Waals surface area contributed by atoms with E-state index in [2.05, 4.69) is 159 Å². The van der Waals surface area contributed by atoms with Gasteiger partial charge in [-0.2, -0.15) is 0 Å². The standard InChI is InChI=1S/C21H25.C13H10.C7H9.2ClH.Zr/c1-20(2,3)16-7-9-18-14(12-16)11-15-13-17(21(4,5)6)8-10-19(15)18;1-3-7-12(8-4-1)11-13-9-5-2-6-10-13;1-6-4-3-5-7(6)2;;;/h7-13H,1-6H3;1-10H;4H,5H2,1-2H3;2*1H;/q;;;;;+2/p-2. The van der Waals surface area contributed by atoms with E-state index in [1.165, 1.54) is 44.5 Å². The Morgan fingerprint density at radius 2 is 1.05 bits per heavy atom. The van der Waals surface area contributed by atoms with Crippen molar-refractivity contribution < 1.29 is 46.1 Å². The summed E-state index contributed by atoms with van der Waals surface area (Å²) in [6.07, 6.45) is 3.71. The smallest absolute Gasteiger partial charge is 1.00 e. The summed E-state index contributed by atoms with van der Waals surface area (Å²) in [7, 11) is 0. The molecule has 0 nitrogen and oxygen atoms in total. The third kappa shape index (κ3) is 6.49. The van der Waals surface area contributed by atoms with Gasteiger partial charge in [-0.1, -0.05) is 0 Å². The van der Waals surface area contributed by atoms with E-state index < -0.39 is 21.3 Å². The minimum Gasteiger partial charge on any atom is -1.00 e. The first-order chi connectivity index (χ1) is 19.9. The second-order valence-electron chi connectivity index (χ2n) is 14.4. The molecule has 2 aliphatic rings. The molecule has 0 radical (unpaired) electrons. The van der Waals surface area contributed by atoms with Gasteiger partial charge < -0.3 is 24.8 Å². The van der Waals surface area contributed by atoms with E-state index in [0.717, 1.165) is 6.42 Å². The van der Waals surface area contributed by atoms with E-state index in [0.29, 0.717) is 3.63 Å². The van der Waals surface area contributed by atoms with Crippen LogP contribution in [-0.2, 0) is 32.1 Å². The summed E-state index contributed by atoms with van der Waals surface area (Å²) >= 11 is -2.73. The van der Waals surface area contributed by atoms with Gasteiger partial charge in [-0.05, 0) is 0 Å². The monoisotopic (exact) mass is 696 g/mol. The maximum Gasteiger partial charge on any atom is -1.00 e. The van der Waals surface area contributed by atoms with E-state index in [1.54, 1.807) is 17.6 Å². The van der Waals surface area contributed by atoms with Crippen LogP contribution in [0.2, 0.25) is 0 Å². The summed E-state index contributed by atoms with van der Waals surface area (Å²) in [4.78, 5) is 0. The van der Waals surface area contributed by atoms with Gasteiger partial charge in [-0.3, -0.25) is 0 Å². The van der Waals surface area contributed by atoms with Gasteiger partial charge in [0.1, 0.15) is 0 Å². The van der Waals surface area contributed by atoms with Crippen LogP contribution in [-0.4, -0.2) is 3.21 Å². The Morgan fingerprint density at radius 1 is 0.614 bits per heavy atom. The SMILES string of the molecule is CC1=C(C)C[C]([Zr+2](=[C](c2ccccc2)c2ccccc2)[CH]2c3cc(C(C)(C)C)ccc3-c3ccc(C(C)(C)C)cc32)=C1.[Cl-].[Cl-]. The van der Waals surface area contributed by atoms with Crippen LogP contribution in [0.25, 0.3) is 11.1 Å². The Morgan fingerprint density at radius 3 is 1.41 bits per heavy atom. The Balaban J connectivity index is 0.00000221. The van der Waals surface area contributed by atoms with Crippen molar-refractivity contribution in [2.75, 3.05) is 0 Å². The van der Waals surface area contributed by atoms with Gasteiger partial charge in [-0.25, -0.2) is 0 Å². The molecule has 0 saturated carbocycles. The summed E-state index contributed by atoms with van der Waals surface area (Å²) in [6.45, 7) is 18.8. The molecule has 0 unspecified atom stereocenters. The van der Waals surface area contributed by atoms with Gasteiger partial charge in [0.15, 0.2) is 0 Å². The van der Waals surface area contributed by atoms with Crippen molar-refractivity contribution in [2.45, 2.75) is 76.3 Å². The van der Waals surface area contributed by atoms with Crippen LogP contribution in [0, 0.1) is 0 Å². The van der Waals surface area contributed by atoms with Crippen LogP contribution in [0.5, 0.6) is 0 Å². The van der Waals surface area contributed by atoms with Gasteiger partial charge in [0.25, 0.3) is 0 Å². The fourth-order valence-electron chi connectivity index (χ4n) is 6.72. The normalized spacial score (nSPS) is 14.1. The molecule has 6 rings (SSSR count). The number of rotatable bonds is 4. The summed E-state index contributed by atoms with van der Waals surface area (Å²) in [6, 6.07) is 37.5. The fourth-order valence-corrected chi connectivity index (χ4v) is 16.2. The van der Waals surface area contributed by atoms with Crippen molar-refractivity contribution >= 4 is 3.21 Å². The van der Waals surface area contributed by atoms with Gasteiger partial charge in [-0.15, -0.1) is 0 Å². The van der Waals surface area contributed by atoms with Crippen molar-refractivity contribution in [3.63, 3.8) is 0 Å². The summed E-state index contributed by atoms with van der Waals surface area (Å²) < 4.78 is 3.77. The Kier molecular flexibility index (Phi) is 10.4. The van der Waals surface area contributed by atoms with Crippen LogP contribution in [0.3, 0.4) is 0 Å². The number of hydrogen-bond acceptors (Lipinski definition) is 0. The van der Waals surface area contributed by atoms with Crippen LogP contribution in [0.4, 0.5) is 0 Å². The molecule has 0 N–H and O–H groups in total. The first kappa shape index (κ1) is 34.6. The number of halogens is 2. The average molecular weight is 699 g/mol. The second kappa shape index (κ2) is 13.2. The molecule has 3 heteroatoms. The molecule has 0 atom stereocenters. The number of benzene rings is 4. The van der Waals surface area contributed by atoms with Crippen LogP contribution < -0.4 is 24.8 Å². The molecular weight excluding hydrogens is 655 g/mol. The zero-order chi connectivity index (χ0) is 29.8. The maximum atomic E-state index is 2.59. The molecule has 2 aliphatic carbocycles. The quantitative estimate of drug-likeness (QED) is 0.286. The predicted molar refractivity (Wildman–Crippen MR) is 178 cm³/mol. The molecule has 0 aliphatic heterocycles. The van der Waals surface area contributed by atoms with Crippen LogP contribution in [0.1, 0.15) is 98.8 Å². The van der Waals surface area contributed by atoms with E-state index in [-0.39, 0.29) is 35.6 Å². The molecule has 0 fully saturated rings. The minimum atomic E-state index is -2.73. The van der Waals surface area contributed by atoms with Crippen LogP contribution in [0.15, 0.2) is 118 Å². The molecule has 4 aromatic carbocycles. The molecule has 226 valence electrons. The number of allylic oxidation sites excluding steroid dienone is 4. The van der Waals surface area contributed by atoms with Crippen molar-refractivity contribution in [1.82, 2.24) is 0 Å². The van der Waals surface area contributed by atoms with Crippen molar-refractivity contribution in [3.8, 4) is 11.1 Å². The van der Waals surface area contributed by atoms with Gasteiger partial charge in [0, 0.05) is 0 Å². The van der Waals surface area contributed by atoms with Crippen molar-refractivity contribution in [1.29, 1.82) is 0 Å². The fraction of sp³-hybridized carbons (Fsp3) is 0.293. The molecule has 0 amide bonds. The first-order valence-electron chi connectivity index (χ1n) is 15.4. The van der Waals surface area contributed by atoms with E-state index >= 15 is 0 Å². The predicted octanol–water partition coefficient (Wildman–Crippen LogP) is 4.87. The van der Waals surface area contributed by atoms with E-state index in [1.807, 2.05) is 0 Å². The molecule has 0 saturated heterocycles. The average Bonchev–Trinajstić information content (AvgIpc) is 3.46. The third-order valence-electron chi connectivity index (χ3n) is 9.30. The summed E-state index contributed by atoms with van der Waals surface area (Å²) in [5.41, 5.74) is 14.9. The van der Waals surface area contributed by atoms with Crippen molar-refractivity contribution in [2.24, 2.45) is 0 Å². The van der Waals surface area contributed by atoms with E-state index in [4.69, 9.17) is 0 Å². The minimum absolute atomic E-state index is 0. The van der Waals surface area contributed by atoms with Gasteiger partial charge in [0.2, 0.25) is 0 Å². The number of fused-ring (bicyclic) bond motifs is 3. The topological polar surface area (TPSA) is 0 Å². The van der Waals surface area contributed by atoms with Crippen LogP contribution >= 0.6 is 0 Å². The maximum absolute atomic E-state index is 2.73. The summed E-state index contributed by atoms with van der Waals surface area (Å²) in [5, 5.41) is 0. The largest absolute Gasteiger partial charge is 1.00 e. The zero-order valence-corrected chi connectivity index (χ0v) is 31.3. The third-order valence-corrected chi connectivity index (χ3v) is 17.5. The Hall–Kier alpha value is -2.31. The Labute approximate surface area is 285 Å². The molecule has 0 aromatic heterocycles. The van der Waals surface area contributed by atoms with E-state index in [9.17, 15) is 0 Å². The molecular formula is C41H44Cl2Zr. The number of hydrogen-bond donors (Lipinski definition) is 0. The second-order valence-corrected chi connectivity index (χ2v) is 20.6. The zero-order valence-electron chi connectivity index (χ0n) is 27.4. The first-order valence-corrected chi connectivity index (χ1v) is 19.3. The van der Waals surface area contributed by atoms with Gasteiger partial charge >= 0.3 is 263 Å². The molecule has 0 heterocycles. The molecule has 4 aromatic rings.